The highest BCUT2D eigenvalue weighted by molar-refractivity contribution is 5.76. The van der Waals surface area contributed by atoms with Crippen LogP contribution in [-0.2, 0) is 9.53 Å². The Labute approximate surface area is 106 Å². The molecule has 0 bridgehead atoms. The molecule has 1 aliphatic carbocycles. The second-order valence-electron chi connectivity index (χ2n) is 5.62. The fourth-order valence-electron chi connectivity index (χ4n) is 3.30. The maximum atomic E-state index is 11.9. The Bertz CT molecular complexity index is 404. The maximum Gasteiger partial charge on any atom is 0.410 e. The number of carbonyl (C=O) groups is 2. The van der Waals surface area contributed by atoms with E-state index in [1.165, 1.54) is 6.08 Å². The quantitative estimate of drug-likeness (QED) is 0.780. The van der Waals surface area contributed by atoms with Crippen molar-refractivity contribution in [2.45, 2.75) is 32.2 Å². The van der Waals surface area contributed by atoms with Crippen LogP contribution in [0.15, 0.2) is 12.7 Å². The van der Waals surface area contributed by atoms with Crippen molar-refractivity contribution in [2.75, 3.05) is 13.2 Å². The third-order valence-electron chi connectivity index (χ3n) is 4.72. The molecule has 1 saturated heterocycles. The van der Waals surface area contributed by atoms with Crippen LogP contribution in [0, 0.1) is 11.3 Å². The highest BCUT2D eigenvalue weighted by Crippen LogP contribution is 2.63. The number of carboxylic acid groups (broad SMARTS) is 1. The van der Waals surface area contributed by atoms with Gasteiger partial charge in [-0.15, -0.1) is 0 Å². The van der Waals surface area contributed by atoms with Crippen LogP contribution in [0.3, 0.4) is 0 Å². The van der Waals surface area contributed by atoms with E-state index in [4.69, 9.17) is 9.84 Å². The Hall–Kier alpha value is -1.52. The first-order valence-corrected chi connectivity index (χ1v) is 6.15. The number of rotatable bonds is 3. The van der Waals surface area contributed by atoms with E-state index in [1.54, 1.807) is 4.90 Å². The zero-order valence-corrected chi connectivity index (χ0v) is 10.8. The number of hydrogen-bond acceptors (Lipinski definition) is 3. The largest absolute Gasteiger partial charge is 0.481 e. The van der Waals surface area contributed by atoms with E-state index in [2.05, 4.69) is 6.58 Å². The SMILES string of the molecule is C=CCOC(=O)N1CCC12CC(C(=O)O)C2(C)C. The normalized spacial score (nSPS) is 32.3. The molecule has 1 spiro atoms. The molecule has 0 aromatic heterocycles. The molecule has 1 N–H and O–H groups in total. The van der Waals surface area contributed by atoms with Gasteiger partial charge in [0, 0.05) is 12.0 Å². The number of ether oxygens (including phenoxy) is 1. The molecule has 0 aromatic rings. The van der Waals surface area contributed by atoms with Crippen molar-refractivity contribution in [3.8, 4) is 0 Å². The van der Waals surface area contributed by atoms with Gasteiger partial charge in [-0.05, 0) is 12.8 Å². The molecule has 2 fully saturated rings. The van der Waals surface area contributed by atoms with Gasteiger partial charge in [0.25, 0.3) is 0 Å². The Kier molecular flexibility index (Phi) is 2.87. The van der Waals surface area contributed by atoms with Crippen molar-refractivity contribution < 1.29 is 19.4 Å². The zero-order chi connectivity index (χ0) is 13.6. The molecule has 2 aliphatic rings. The average molecular weight is 253 g/mol. The number of carbonyl (C=O) groups excluding carboxylic acids is 1. The third-order valence-corrected chi connectivity index (χ3v) is 4.72. The van der Waals surface area contributed by atoms with Crippen molar-refractivity contribution >= 4 is 12.1 Å². The van der Waals surface area contributed by atoms with Gasteiger partial charge in [0.1, 0.15) is 6.61 Å². The van der Waals surface area contributed by atoms with E-state index in [1.807, 2.05) is 13.8 Å². The molecule has 18 heavy (non-hydrogen) atoms. The Morgan fingerprint density at radius 3 is 2.61 bits per heavy atom. The first-order chi connectivity index (χ1) is 8.37. The van der Waals surface area contributed by atoms with Gasteiger partial charge in [-0.1, -0.05) is 26.5 Å². The van der Waals surface area contributed by atoms with Crippen molar-refractivity contribution in [1.29, 1.82) is 0 Å². The van der Waals surface area contributed by atoms with Crippen LogP contribution in [-0.4, -0.2) is 40.8 Å². The lowest BCUT2D eigenvalue weighted by Gasteiger charge is -2.69. The molecule has 1 amide bonds. The van der Waals surface area contributed by atoms with Crippen molar-refractivity contribution in [2.24, 2.45) is 11.3 Å². The maximum absolute atomic E-state index is 11.9. The molecule has 2 unspecified atom stereocenters. The number of likely N-dealkylation sites (tertiary alicyclic amines) is 1. The summed E-state index contributed by atoms with van der Waals surface area (Å²) >= 11 is 0. The number of carboxylic acids is 1. The number of hydrogen-bond donors (Lipinski definition) is 1. The van der Waals surface area contributed by atoms with E-state index in [-0.39, 0.29) is 24.2 Å². The topological polar surface area (TPSA) is 66.8 Å². The Morgan fingerprint density at radius 2 is 2.22 bits per heavy atom. The molecule has 0 aromatic carbocycles. The molecule has 5 heteroatoms. The van der Waals surface area contributed by atoms with Gasteiger partial charge >= 0.3 is 12.1 Å². The van der Waals surface area contributed by atoms with Crippen LogP contribution in [0.5, 0.6) is 0 Å². The van der Waals surface area contributed by atoms with Crippen LogP contribution >= 0.6 is 0 Å². The number of amides is 1. The summed E-state index contributed by atoms with van der Waals surface area (Å²) < 4.78 is 5.04. The zero-order valence-electron chi connectivity index (χ0n) is 10.8. The predicted molar refractivity (Wildman–Crippen MR) is 65.1 cm³/mol. The summed E-state index contributed by atoms with van der Waals surface area (Å²) in [5.74, 6) is -1.16. The minimum atomic E-state index is -0.781. The summed E-state index contributed by atoms with van der Waals surface area (Å²) in [6.45, 7) is 8.17. The van der Waals surface area contributed by atoms with Crippen molar-refractivity contribution in [1.82, 2.24) is 4.90 Å². The Morgan fingerprint density at radius 1 is 1.56 bits per heavy atom. The van der Waals surface area contributed by atoms with Crippen LogP contribution in [0.4, 0.5) is 4.79 Å². The summed E-state index contributed by atoms with van der Waals surface area (Å²) in [5.41, 5.74) is -0.724. The minimum Gasteiger partial charge on any atom is -0.481 e. The summed E-state index contributed by atoms with van der Waals surface area (Å²) in [5, 5.41) is 9.14. The summed E-state index contributed by atoms with van der Waals surface area (Å²) in [4.78, 5) is 24.7. The third kappa shape index (κ3) is 1.46. The highest BCUT2D eigenvalue weighted by atomic mass is 16.6. The summed E-state index contributed by atoms with van der Waals surface area (Å²) in [7, 11) is 0. The van der Waals surface area contributed by atoms with Gasteiger partial charge in [-0.3, -0.25) is 4.79 Å². The lowest BCUT2D eigenvalue weighted by Crippen LogP contribution is -2.78. The van der Waals surface area contributed by atoms with Gasteiger partial charge in [0.2, 0.25) is 0 Å². The lowest BCUT2D eigenvalue weighted by molar-refractivity contribution is -0.207. The van der Waals surface area contributed by atoms with E-state index in [9.17, 15) is 9.59 Å². The highest BCUT2D eigenvalue weighted by Gasteiger charge is 2.70. The van der Waals surface area contributed by atoms with E-state index in [0.717, 1.165) is 6.42 Å². The molecule has 1 heterocycles. The van der Waals surface area contributed by atoms with E-state index < -0.39 is 11.4 Å². The molecule has 0 radical (unpaired) electrons. The van der Waals surface area contributed by atoms with Crippen LogP contribution in [0.1, 0.15) is 26.7 Å². The molecule has 1 aliphatic heterocycles. The van der Waals surface area contributed by atoms with Gasteiger partial charge in [-0.2, -0.15) is 0 Å². The predicted octanol–water partition coefficient (Wildman–Crippen LogP) is 1.88. The van der Waals surface area contributed by atoms with Gasteiger partial charge in [0.15, 0.2) is 0 Å². The summed E-state index contributed by atoms with van der Waals surface area (Å²) in [6.07, 6.45) is 2.54. The minimum absolute atomic E-state index is 0.189. The number of nitrogens with zero attached hydrogens (tertiary/aromatic N) is 1. The molecular formula is C13H19NO4. The van der Waals surface area contributed by atoms with E-state index in [0.29, 0.717) is 13.0 Å². The molecule has 100 valence electrons. The molecular weight excluding hydrogens is 234 g/mol. The molecule has 2 atom stereocenters. The Balaban J connectivity index is 2.08. The summed E-state index contributed by atoms with van der Waals surface area (Å²) in [6, 6.07) is 0. The van der Waals surface area contributed by atoms with Gasteiger partial charge < -0.3 is 14.7 Å². The monoisotopic (exact) mass is 253 g/mol. The molecule has 2 rings (SSSR count). The fourth-order valence-corrected chi connectivity index (χ4v) is 3.30. The molecule has 1 saturated carbocycles. The smallest absolute Gasteiger partial charge is 0.410 e. The van der Waals surface area contributed by atoms with Crippen LogP contribution in [0.25, 0.3) is 0 Å². The van der Waals surface area contributed by atoms with Crippen molar-refractivity contribution in [3.63, 3.8) is 0 Å². The lowest BCUT2D eigenvalue weighted by atomic mass is 9.45. The van der Waals surface area contributed by atoms with Gasteiger partial charge in [0.05, 0.1) is 11.5 Å². The fraction of sp³-hybridized carbons (Fsp3) is 0.692. The molecule has 5 nitrogen and oxygen atoms in total. The first-order valence-electron chi connectivity index (χ1n) is 6.15. The average Bonchev–Trinajstić information content (AvgIpc) is 2.23. The second kappa shape index (κ2) is 4.00. The number of aliphatic carboxylic acids is 1. The second-order valence-corrected chi connectivity index (χ2v) is 5.62. The van der Waals surface area contributed by atoms with Gasteiger partial charge in [-0.25, -0.2) is 4.79 Å². The first kappa shape index (κ1) is 12.9. The van der Waals surface area contributed by atoms with E-state index >= 15 is 0 Å². The van der Waals surface area contributed by atoms with Crippen LogP contribution in [0.2, 0.25) is 0 Å². The standard InChI is InChI=1S/C13H19NO4/c1-4-7-18-11(17)14-6-5-13(14)8-9(10(15)16)12(13,2)3/h4,9H,1,5-8H2,2-3H3,(H,15,16). The van der Waals surface area contributed by atoms with Crippen LogP contribution < -0.4 is 0 Å². The van der Waals surface area contributed by atoms with Crippen molar-refractivity contribution in [3.05, 3.63) is 12.7 Å².